The van der Waals surface area contributed by atoms with Crippen LogP contribution in [0.25, 0.3) is 0 Å². The van der Waals surface area contributed by atoms with E-state index in [0.29, 0.717) is 13.1 Å². The molecule has 0 aromatic heterocycles. The van der Waals surface area contributed by atoms with Gasteiger partial charge in [-0.3, -0.25) is 10.2 Å². The van der Waals surface area contributed by atoms with Crippen LogP contribution >= 0.6 is 0 Å². The Kier molecular flexibility index (Phi) is 6.19. The Hall–Kier alpha value is -0.200. The quantitative estimate of drug-likeness (QED) is 0.402. The molecule has 0 heterocycles. The lowest BCUT2D eigenvalue weighted by atomic mass is 10.4. The molecule has 0 rings (SSSR count). The number of hydrogen-bond donors (Lipinski definition) is 4. The van der Waals surface area contributed by atoms with Gasteiger partial charge < -0.3 is 15.3 Å². The molecule has 3 atom stereocenters. The Bertz CT molecular complexity index is 121. The molecular formula is C8H20N2O3. The normalized spacial score (nSPS) is 18.7. The molecule has 0 bridgehead atoms. The molecule has 0 saturated carbocycles. The van der Waals surface area contributed by atoms with Crippen LogP contribution in [0.4, 0.5) is 0 Å². The third-order valence-electron chi connectivity index (χ3n) is 1.77. The van der Waals surface area contributed by atoms with Crippen molar-refractivity contribution in [1.29, 1.82) is 0 Å². The zero-order chi connectivity index (χ0) is 10.4. The summed E-state index contributed by atoms with van der Waals surface area (Å²) < 4.78 is 0. The zero-order valence-electron chi connectivity index (χ0n) is 8.44. The molecular weight excluding hydrogens is 172 g/mol. The molecule has 0 spiro atoms. The minimum atomic E-state index is -0.684. The first-order valence-corrected chi connectivity index (χ1v) is 4.48. The van der Waals surface area contributed by atoms with Crippen LogP contribution < -0.4 is 5.32 Å². The molecule has 0 radical (unpaired) electrons. The van der Waals surface area contributed by atoms with Gasteiger partial charge in [0.2, 0.25) is 0 Å². The highest BCUT2D eigenvalue weighted by Crippen LogP contribution is 1.99. The summed E-state index contributed by atoms with van der Waals surface area (Å²) in [6, 6.07) is 0. The summed E-state index contributed by atoms with van der Waals surface area (Å²) >= 11 is 0. The minimum absolute atomic E-state index is 0.486. The molecule has 0 aromatic carbocycles. The summed E-state index contributed by atoms with van der Waals surface area (Å²) in [5.41, 5.74) is 0. The fourth-order valence-corrected chi connectivity index (χ4v) is 1.09. The highest BCUT2D eigenvalue weighted by molar-refractivity contribution is 4.61. The van der Waals surface area contributed by atoms with Gasteiger partial charge >= 0.3 is 0 Å². The van der Waals surface area contributed by atoms with Gasteiger partial charge in [0.15, 0.2) is 0 Å². The van der Waals surface area contributed by atoms with Crippen molar-refractivity contribution in [2.75, 3.05) is 13.1 Å². The summed E-state index contributed by atoms with van der Waals surface area (Å²) in [5, 5.41) is 30.1. The fraction of sp³-hybridized carbons (Fsp3) is 1.00. The lowest BCUT2D eigenvalue weighted by Crippen LogP contribution is -2.44. The lowest BCUT2D eigenvalue weighted by Gasteiger charge is -2.28. The molecule has 0 saturated heterocycles. The highest BCUT2D eigenvalue weighted by Gasteiger charge is 2.15. The van der Waals surface area contributed by atoms with Crippen molar-refractivity contribution in [1.82, 2.24) is 10.2 Å². The van der Waals surface area contributed by atoms with E-state index in [2.05, 4.69) is 5.32 Å². The van der Waals surface area contributed by atoms with Crippen LogP contribution in [0.2, 0.25) is 0 Å². The van der Waals surface area contributed by atoms with Crippen LogP contribution in [0.3, 0.4) is 0 Å². The monoisotopic (exact) mass is 192 g/mol. The minimum Gasteiger partial charge on any atom is -0.379 e. The molecule has 0 aromatic rings. The first kappa shape index (κ1) is 12.8. The van der Waals surface area contributed by atoms with Gasteiger partial charge in [-0.15, -0.1) is 0 Å². The molecule has 0 aliphatic carbocycles. The van der Waals surface area contributed by atoms with Crippen LogP contribution in [0.15, 0.2) is 0 Å². The molecule has 5 heteroatoms. The Morgan fingerprint density at radius 1 is 1.08 bits per heavy atom. The maximum absolute atomic E-state index is 9.22. The number of aliphatic hydroxyl groups is 3. The van der Waals surface area contributed by atoms with E-state index in [1.165, 1.54) is 4.90 Å². The smallest absolute Gasteiger partial charge is 0.106 e. The van der Waals surface area contributed by atoms with E-state index < -0.39 is 18.7 Å². The van der Waals surface area contributed by atoms with Gasteiger partial charge in [-0.2, -0.15) is 0 Å². The van der Waals surface area contributed by atoms with Crippen molar-refractivity contribution < 1.29 is 15.3 Å². The van der Waals surface area contributed by atoms with Crippen molar-refractivity contribution in [3.63, 3.8) is 0 Å². The summed E-state index contributed by atoms with van der Waals surface area (Å²) in [6.07, 6.45) is -1.93. The third-order valence-corrected chi connectivity index (χ3v) is 1.77. The van der Waals surface area contributed by atoms with Gasteiger partial charge in [0.05, 0.1) is 0 Å². The largest absolute Gasteiger partial charge is 0.379 e. The summed E-state index contributed by atoms with van der Waals surface area (Å²) in [7, 11) is 0. The lowest BCUT2D eigenvalue weighted by molar-refractivity contribution is -0.0839. The van der Waals surface area contributed by atoms with Crippen molar-refractivity contribution >= 4 is 0 Å². The number of hydrogen-bond acceptors (Lipinski definition) is 5. The predicted molar refractivity (Wildman–Crippen MR) is 49.8 cm³/mol. The average Bonchev–Trinajstić information content (AvgIpc) is 1.95. The average molecular weight is 192 g/mol. The van der Waals surface area contributed by atoms with Crippen molar-refractivity contribution in [2.24, 2.45) is 0 Å². The van der Waals surface area contributed by atoms with Gasteiger partial charge in [0.25, 0.3) is 0 Å². The van der Waals surface area contributed by atoms with E-state index in [0.717, 1.165) is 0 Å². The molecule has 0 aliphatic rings. The molecule has 5 nitrogen and oxygen atoms in total. The van der Waals surface area contributed by atoms with Crippen LogP contribution in [0.5, 0.6) is 0 Å². The van der Waals surface area contributed by atoms with Crippen molar-refractivity contribution in [3.05, 3.63) is 0 Å². The maximum Gasteiger partial charge on any atom is 0.106 e. The first-order chi connectivity index (χ1) is 5.95. The molecule has 0 amide bonds. The van der Waals surface area contributed by atoms with E-state index in [4.69, 9.17) is 5.11 Å². The zero-order valence-corrected chi connectivity index (χ0v) is 8.44. The maximum atomic E-state index is 9.22. The molecule has 0 aliphatic heterocycles. The Morgan fingerprint density at radius 3 is 1.85 bits per heavy atom. The first-order valence-electron chi connectivity index (χ1n) is 4.48. The van der Waals surface area contributed by atoms with Crippen molar-refractivity contribution in [2.45, 2.75) is 39.5 Å². The third kappa shape index (κ3) is 5.95. The predicted octanol–water partition coefficient (Wildman–Crippen LogP) is -1.11. The number of aliphatic hydroxyl groups excluding tert-OH is 3. The van der Waals surface area contributed by atoms with Gasteiger partial charge in [-0.25, -0.2) is 0 Å². The van der Waals surface area contributed by atoms with Crippen LogP contribution in [-0.2, 0) is 0 Å². The van der Waals surface area contributed by atoms with Gasteiger partial charge in [-0.05, 0) is 20.8 Å². The van der Waals surface area contributed by atoms with Crippen molar-refractivity contribution in [3.8, 4) is 0 Å². The number of nitrogens with zero attached hydrogens (tertiary/aromatic N) is 1. The second-order valence-corrected chi connectivity index (χ2v) is 3.13. The molecule has 13 heavy (non-hydrogen) atoms. The SMILES string of the molecule is CC(O)NCCN(C(C)O)C(C)O. The molecule has 4 N–H and O–H groups in total. The topological polar surface area (TPSA) is 76.0 Å². The Morgan fingerprint density at radius 2 is 1.54 bits per heavy atom. The summed E-state index contributed by atoms with van der Waals surface area (Å²) in [4.78, 5) is 1.51. The standard InChI is InChI=1S/C8H20N2O3/c1-6(11)9-4-5-10(7(2)12)8(3)13/h6-9,11-13H,4-5H2,1-3H3. The number of rotatable bonds is 6. The molecule has 0 fully saturated rings. The number of nitrogens with one attached hydrogen (secondary N) is 1. The van der Waals surface area contributed by atoms with Crippen LogP contribution in [0.1, 0.15) is 20.8 Å². The molecule has 3 unspecified atom stereocenters. The van der Waals surface area contributed by atoms with Gasteiger partial charge in [0.1, 0.15) is 18.7 Å². The van der Waals surface area contributed by atoms with Gasteiger partial charge in [0, 0.05) is 13.1 Å². The van der Waals surface area contributed by atoms with E-state index >= 15 is 0 Å². The van der Waals surface area contributed by atoms with Crippen LogP contribution in [-0.4, -0.2) is 52.0 Å². The highest BCUT2D eigenvalue weighted by atomic mass is 16.3. The van der Waals surface area contributed by atoms with Gasteiger partial charge in [-0.1, -0.05) is 0 Å². The van der Waals surface area contributed by atoms with Crippen LogP contribution in [0, 0.1) is 0 Å². The Labute approximate surface area is 79.0 Å². The molecule has 80 valence electrons. The second-order valence-electron chi connectivity index (χ2n) is 3.13. The second kappa shape index (κ2) is 6.28. The fourth-order valence-electron chi connectivity index (χ4n) is 1.09. The van der Waals surface area contributed by atoms with E-state index in [-0.39, 0.29) is 0 Å². The Balaban J connectivity index is 3.70. The summed E-state index contributed by atoms with van der Waals surface area (Å²) in [5.74, 6) is 0. The van der Waals surface area contributed by atoms with E-state index in [1.54, 1.807) is 20.8 Å². The summed E-state index contributed by atoms with van der Waals surface area (Å²) in [6.45, 7) is 5.81. The van der Waals surface area contributed by atoms with E-state index in [1.807, 2.05) is 0 Å². The van der Waals surface area contributed by atoms with E-state index in [9.17, 15) is 10.2 Å².